The Morgan fingerprint density at radius 2 is 1.59 bits per heavy atom. The molecule has 174 valence electrons. The van der Waals surface area contributed by atoms with Gasteiger partial charge in [0.25, 0.3) is 0 Å². The van der Waals surface area contributed by atoms with E-state index in [1.807, 2.05) is 48.5 Å². The molecule has 0 fully saturated rings. The second-order valence-corrected chi connectivity index (χ2v) is 8.04. The Balaban J connectivity index is 1.46. The number of anilines is 1. The number of alkyl carbamates (subject to hydrolysis) is 1. The number of carboxylic acid groups (broad SMARTS) is 1. The fraction of sp³-hybridized carbons (Fsp3) is 0.192. The summed E-state index contributed by atoms with van der Waals surface area (Å²) in [7, 11) is 1.44. The number of phenolic OH excluding ortho intramolecular Hbond substituents is 1. The van der Waals surface area contributed by atoms with Crippen LogP contribution in [-0.2, 0) is 14.3 Å². The average molecular weight is 460 g/mol. The molecule has 1 aliphatic carbocycles. The van der Waals surface area contributed by atoms with Gasteiger partial charge < -0.3 is 25.2 Å². The maximum absolute atomic E-state index is 12.9. The van der Waals surface area contributed by atoms with Gasteiger partial charge in [-0.05, 0) is 34.4 Å². The standard InChI is InChI=1S/C26H24N2O6/c1-28(16-7-6-8-17(29)13-16)25(32)23(14-24(30)31)27-26(33)34-15-22-20-11-4-2-9-18(20)19-10-3-5-12-21(19)22/h2-13,22-23,29H,14-15H2,1H3,(H,27,33)(H,30,31). The summed E-state index contributed by atoms with van der Waals surface area (Å²) in [6.45, 7) is 0.0379. The highest BCUT2D eigenvalue weighted by Crippen LogP contribution is 2.44. The number of carbonyl (C=O) groups is 3. The monoisotopic (exact) mass is 460 g/mol. The number of amides is 2. The van der Waals surface area contributed by atoms with Gasteiger partial charge in [-0.15, -0.1) is 0 Å². The first-order valence-electron chi connectivity index (χ1n) is 10.7. The summed E-state index contributed by atoms with van der Waals surface area (Å²) in [5.41, 5.74) is 4.60. The van der Waals surface area contributed by atoms with Gasteiger partial charge in [-0.25, -0.2) is 4.79 Å². The third kappa shape index (κ3) is 4.71. The predicted octanol–water partition coefficient (Wildman–Crippen LogP) is 3.74. The van der Waals surface area contributed by atoms with E-state index in [0.717, 1.165) is 22.3 Å². The van der Waals surface area contributed by atoms with Gasteiger partial charge in [0.05, 0.1) is 6.42 Å². The van der Waals surface area contributed by atoms with Crippen LogP contribution >= 0.6 is 0 Å². The van der Waals surface area contributed by atoms with Crippen molar-refractivity contribution in [1.82, 2.24) is 5.32 Å². The van der Waals surface area contributed by atoms with Gasteiger partial charge in [-0.3, -0.25) is 9.59 Å². The zero-order valence-corrected chi connectivity index (χ0v) is 18.5. The maximum Gasteiger partial charge on any atom is 0.407 e. The van der Waals surface area contributed by atoms with E-state index in [-0.39, 0.29) is 18.3 Å². The lowest BCUT2D eigenvalue weighted by Gasteiger charge is -2.24. The Hall–Kier alpha value is -4.33. The van der Waals surface area contributed by atoms with E-state index in [9.17, 15) is 24.6 Å². The molecule has 0 aromatic heterocycles. The van der Waals surface area contributed by atoms with Crippen molar-refractivity contribution in [1.29, 1.82) is 0 Å². The van der Waals surface area contributed by atoms with Crippen molar-refractivity contribution in [3.8, 4) is 16.9 Å². The highest BCUT2D eigenvalue weighted by Gasteiger charge is 2.31. The van der Waals surface area contributed by atoms with Crippen LogP contribution < -0.4 is 10.2 Å². The van der Waals surface area contributed by atoms with Crippen LogP contribution in [-0.4, -0.2) is 47.9 Å². The Kier molecular flexibility index (Phi) is 6.49. The minimum absolute atomic E-state index is 0.0379. The molecular weight excluding hydrogens is 436 g/mol. The topological polar surface area (TPSA) is 116 Å². The molecule has 4 rings (SSSR count). The molecule has 34 heavy (non-hydrogen) atoms. The highest BCUT2D eigenvalue weighted by molar-refractivity contribution is 6.00. The van der Waals surface area contributed by atoms with Crippen molar-refractivity contribution in [2.24, 2.45) is 0 Å². The molecule has 0 saturated heterocycles. The maximum atomic E-state index is 12.9. The van der Waals surface area contributed by atoms with Gasteiger partial charge in [0.1, 0.15) is 18.4 Å². The van der Waals surface area contributed by atoms with Gasteiger partial charge in [0, 0.05) is 24.7 Å². The number of fused-ring (bicyclic) bond motifs is 3. The van der Waals surface area contributed by atoms with Crippen LogP contribution in [0.5, 0.6) is 5.75 Å². The van der Waals surface area contributed by atoms with E-state index in [2.05, 4.69) is 5.32 Å². The Morgan fingerprint density at radius 3 is 2.18 bits per heavy atom. The fourth-order valence-corrected chi connectivity index (χ4v) is 4.22. The van der Waals surface area contributed by atoms with E-state index in [1.54, 1.807) is 12.1 Å². The van der Waals surface area contributed by atoms with Gasteiger partial charge in [-0.1, -0.05) is 54.6 Å². The number of hydrogen-bond acceptors (Lipinski definition) is 5. The third-order valence-corrected chi connectivity index (χ3v) is 5.86. The van der Waals surface area contributed by atoms with Crippen molar-refractivity contribution >= 4 is 23.7 Å². The number of likely N-dealkylation sites (N-methyl/N-ethyl adjacent to an activating group) is 1. The van der Waals surface area contributed by atoms with E-state index < -0.39 is 30.4 Å². The molecule has 2 amide bonds. The van der Waals surface area contributed by atoms with Gasteiger partial charge >= 0.3 is 12.1 Å². The van der Waals surface area contributed by atoms with Crippen LogP contribution in [0.2, 0.25) is 0 Å². The van der Waals surface area contributed by atoms with E-state index in [0.29, 0.717) is 5.69 Å². The first-order valence-corrected chi connectivity index (χ1v) is 10.7. The number of ether oxygens (including phenoxy) is 1. The van der Waals surface area contributed by atoms with Crippen LogP contribution in [0.25, 0.3) is 11.1 Å². The summed E-state index contributed by atoms with van der Waals surface area (Å²) in [5, 5.41) is 21.3. The number of aliphatic carboxylic acids is 1. The van der Waals surface area contributed by atoms with E-state index in [4.69, 9.17) is 4.74 Å². The molecule has 3 aromatic rings. The second kappa shape index (κ2) is 9.66. The number of phenols is 1. The lowest BCUT2D eigenvalue weighted by atomic mass is 9.98. The Labute approximate surface area is 196 Å². The molecule has 3 N–H and O–H groups in total. The lowest BCUT2D eigenvalue weighted by molar-refractivity contribution is -0.139. The van der Waals surface area contributed by atoms with Crippen molar-refractivity contribution in [3.05, 3.63) is 83.9 Å². The lowest BCUT2D eigenvalue weighted by Crippen LogP contribution is -2.48. The molecule has 0 saturated carbocycles. The minimum Gasteiger partial charge on any atom is -0.508 e. The first kappa shape index (κ1) is 22.8. The van der Waals surface area contributed by atoms with Crippen LogP contribution in [0.3, 0.4) is 0 Å². The SMILES string of the molecule is CN(C(=O)C(CC(=O)O)NC(=O)OCC1c2ccccc2-c2ccccc21)c1cccc(O)c1. The molecule has 0 heterocycles. The largest absolute Gasteiger partial charge is 0.508 e. The number of aromatic hydroxyl groups is 1. The van der Waals surface area contributed by atoms with Crippen LogP contribution in [0.1, 0.15) is 23.5 Å². The van der Waals surface area contributed by atoms with Crippen LogP contribution in [0.15, 0.2) is 72.8 Å². The number of nitrogens with one attached hydrogen (secondary N) is 1. The molecule has 0 spiro atoms. The number of benzene rings is 3. The number of nitrogens with zero attached hydrogens (tertiary/aromatic N) is 1. The molecule has 1 atom stereocenters. The zero-order chi connectivity index (χ0) is 24.2. The van der Waals surface area contributed by atoms with Gasteiger partial charge in [0.2, 0.25) is 5.91 Å². The Bertz CT molecular complexity index is 1200. The van der Waals surface area contributed by atoms with Crippen LogP contribution in [0.4, 0.5) is 10.5 Å². The first-order chi connectivity index (χ1) is 16.3. The third-order valence-electron chi connectivity index (χ3n) is 5.86. The summed E-state index contributed by atoms with van der Waals surface area (Å²) in [5.74, 6) is -2.11. The van der Waals surface area contributed by atoms with Crippen molar-refractivity contribution in [3.63, 3.8) is 0 Å². The molecule has 0 aliphatic heterocycles. The molecule has 8 heteroatoms. The molecule has 0 bridgehead atoms. The molecular formula is C26H24N2O6. The summed E-state index contributed by atoms with van der Waals surface area (Å²) in [6, 6.07) is 20.4. The van der Waals surface area contributed by atoms with Crippen molar-refractivity contribution in [2.45, 2.75) is 18.4 Å². The summed E-state index contributed by atoms with van der Waals surface area (Å²) in [6.07, 6.45) is -1.50. The normalized spacial score (nSPS) is 12.9. The van der Waals surface area contributed by atoms with E-state index >= 15 is 0 Å². The molecule has 1 unspecified atom stereocenters. The molecule has 3 aromatic carbocycles. The average Bonchev–Trinajstić information content (AvgIpc) is 3.15. The smallest absolute Gasteiger partial charge is 0.407 e. The Morgan fingerprint density at radius 1 is 0.971 bits per heavy atom. The highest BCUT2D eigenvalue weighted by atomic mass is 16.5. The quantitative estimate of drug-likeness (QED) is 0.495. The number of carbonyl (C=O) groups excluding carboxylic acids is 2. The molecule has 0 radical (unpaired) electrons. The van der Waals surface area contributed by atoms with Crippen molar-refractivity contribution < 1.29 is 29.3 Å². The minimum atomic E-state index is -1.35. The van der Waals surface area contributed by atoms with Crippen LogP contribution in [0, 0.1) is 0 Å². The number of hydrogen-bond donors (Lipinski definition) is 3. The molecule has 1 aliphatic rings. The van der Waals surface area contributed by atoms with Crippen molar-refractivity contribution in [2.75, 3.05) is 18.6 Å². The van der Waals surface area contributed by atoms with E-state index in [1.165, 1.54) is 24.1 Å². The molecule has 8 nitrogen and oxygen atoms in total. The number of carboxylic acids is 1. The van der Waals surface area contributed by atoms with Gasteiger partial charge in [-0.2, -0.15) is 0 Å². The summed E-state index contributed by atoms with van der Waals surface area (Å²) >= 11 is 0. The summed E-state index contributed by atoms with van der Waals surface area (Å²) < 4.78 is 5.45. The zero-order valence-electron chi connectivity index (χ0n) is 18.5. The number of rotatable bonds is 7. The fourth-order valence-electron chi connectivity index (χ4n) is 4.22. The predicted molar refractivity (Wildman–Crippen MR) is 126 cm³/mol. The second-order valence-electron chi connectivity index (χ2n) is 8.04. The summed E-state index contributed by atoms with van der Waals surface area (Å²) in [4.78, 5) is 38.0. The van der Waals surface area contributed by atoms with Gasteiger partial charge in [0.15, 0.2) is 0 Å².